The van der Waals surface area contributed by atoms with Crippen molar-refractivity contribution in [2.45, 2.75) is 0 Å². The summed E-state index contributed by atoms with van der Waals surface area (Å²) in [5.41, 5.74) is 1.55. The van der Waals surface area contributed by atoms with Crippen LogP contribution >= 0.6 is 12.2 Å². The summed E-state index contributed by atoms with van der Waals surface area (Å²) in [4.78, 5) is 29.3. The maximum atomic E-state index is 12.9. The Bertz CT molecular complexity index is 893. The van der Waals surface area contributed by atoms with Crippen LogP contribution in [0.15, 0.2) is 48.5 Å². The Kier molecular flexibility index (Phi) is 6.79. The molecule has 8 heteroatoms. The molecule has 0 spiro atoms. The standard InChI is InChI=1S/C21H24N4O3S/c1-24-11-13-25(14-12-24)20(27)17-5-3-4-6-18(17)22-21(29)23-19(26)15-7-9-16(28-2)10-8-15/h3-10H,11-14H2,1-2H3,(H2,22,23,26,29). The molecule has 2 aromatic rings. The largest absolute Gasteiger partial charge is 0.497 e. The van der Waals surface area contributed by atoms with Gasteiger partial charge in [0.1, 0.15) is 5.75 Å². The summed E-state index contributed by atoms with van der Waals surface area (Å²) >= 11 is 5.28. The molecule has 0 radical (unpaired) electrons. The molecular weight excluding hydrogens is 388 g/mol. The van der Waals surface area contributed by atoms with Crippen LogP contribution in [0.25, 0.3) is 0 Å². The number of carbonyl (C=O) groups excluding carboxylic acids is 2. The number of thiocarbonyl (C=S) groups is 1. The number of hydrogen-bond acceptors (Lipinski definition) is 5. The Morgan fingerprint density at radius 2 is 1.66 bits per heavy atom. The molecular formula is C21H24N4O3S. The van der Waals surface area contributed by atoms with Gasteiger partial charge in [-0.3, -0.25) is 14.9 Å². The van der Waals surface area contributed by atoms with Crippen LogP contribution in [0.5, 0.6) is 5.75 Å². The second kappa shape index (κ2) is 9.49. The minimum absolute atomic E-state index is 0.0505. The first-order valence-electron chi connectivity index (χ1n) is 9.31. The highest BCUT2D eigenvalue weighted by Gasteiger charge is 2.22. The first kappa shape index (κ1) is 20.8. The topological polar surface area (TPSA) is 73.9 Å². The van der Waals surface area contributed by atoms with Gasteiger partial charge in [0.2, 0.25) is 0 Å². The summed E-state index contributed by atoms with van der Waals surface area (Å²) in [5, 5.41) is 5.75. The van der Waals surface area contributed by atoms with E-state index in [-0.39, 0.29) is 16.9 Å². The molecule has 1 aliphatic rings. The fourth-order valence-electron chi connectivity index (χ4n) is 3.03. The molecule has 2 aromatic carbocycles. The van der Waals surface area contributed by atoms with Crippen molar-refractivity contribution in [3.63, 3.8) is 0 Å². The van der Waals surface area contributed by atoms with Crippen LogP contribution in [0.2, 0.25) is 0 Å². The summed E-state index contributed by atoms with van der Waals surface area (Å²) in [5.74, 6) is 0.275. The molecule has 0 unspecified atom stereocenters. The number of methoxy groups -OCH3 is 1. The van der Waals surface area contributed by atoms with Crippen LogP contribution in [-0.4, -0.2) is 67.1 Å². The predicted molar refractivity (Wildman–Crippen MR) is 117 cm³/mol. The molecule has 1 aliphatic heterocycles. The zero-order valence-corrected chi connectivity index (χ0v) is 17.3. The van der Waals surface area contributed by atoms with Crippen molar-refractivity contribution in [3.8, 4) is 5.75 Å². The van der Waals surface area contributed by atoms with Gasteiger partial charge >= 0.3 is 0 Å². The van der Waals surface area contributed by atoms with Crippen LogP contribution < -0.4 is 15.4 Å². The predicted octanol–water partition coefficient (Wildman–Crippen LogP) is 2.21. The molecule has 3 rings (SSSR count). The van der Waals surface area contributed by atoms with Gasteiger partial charge in [-0.15, -0.1) is 0 Å². The summed E-state index contributed by atoms with van der Waals surface area (Å²) < 4.78 is 5.09. The van der Waals surface area contributed by atoms with E-state index < -0.39 is 0 Å². The van der Waals surface area contributed by atoms with Gasteiger partial charge in [0.25, 0.3) is 11.8 Å². The van der Waals surface area contributed by atoms with Crippen LogP contribution in [0.3, 0.4) is 0 Å². The lowest BCUT2D eigenvalue weighted by atomic mass is 10.1. The normalized spacial score (nSPS) is 14.2. The molecule has 7 nitrogen and oxygen atoms in total. The molecule has 1 fully saturated rings. The third-order valence-corrected chi connectivity index (χ3v) is 4.98. The monoisotopic (exact) mass is 412 g/mol. The number of carbonyl (C=O) groups is 2. The van der Waals surface area contributed by atoms with Crippen molar-refractivity contribution < 1.29 is 14.3 Å². The smallest absolute Gasteiger partial charge is 0.257 e. The molecule has 1 heterocycles. The summed E-state index contributed by atoms with van der Waals surface area (Å²) in [6.07, 6.45) is 0. The Morgan fingerprint density at radius 3 is 2.31 bits per heavy atom. The molecule has 0 bridgehead atoms. The molecule has 0 saturated carbocycles. The fraction of sp³-hybridized carbons (Fsp3) is 0.286. The lowest BCUT2D eigenvalue weighted by Gasteiger charge is -2.32. The Balaban J connectivity index is 1.65. The van der Waals surface area contributed by atoms with Crippen molar-refractivity contribution in [1.29, 1.82) is 0 Å². The Morgan fingerprint density at radius 1 is 1.00 bits per heavy atom. The highest BCUT2D eigenvalue weighted by Crippen LogP contribution is 2.18. The number of nitrogens with one attached hydrogen (secondary N) is 2. The van der Waals surface area contributed by atoms with E-state index in [1.165, 1.54) is 0 Å². The third-order valence-electron chi connectivity index (χ3n) is 4.78. The van der Waals surface area contributed by atoms with Crippen molar-refractivity contribution in [3.05, 3.63) is 59.7 Å². The number of piperazine rings is 1. The SMILES string of the molecule is COc1ccc(C(=O)NC(=S)Nc2ccccc2C(=O)N2CCN(C)CC2)cc1. The van der Waals surface area contributed by atoms with Crippen LogP contribution in [0, 0.1) is 0 Å². The summed E-state index contributed by atoms with van der Waals surface area (Å²) in [6, 6.07) is 13.9. The lowest BCUT2D eigenvalue weighted by Crippen LogP contribution is -2.47. The van der Waals surface area contributed by atoms with Gasteiger partial charge in [0.05, 0.1) is 18.4 Å². The number of ether oxygens (including phenoxy) is 1. The van der Waals surface area contributed by atoms with E-state index in [9.17, 15) is 9.59 Å². The summed E-state index contributed by atoms with van der Waals surface area (Å²) in [7, 11) is 3.61. The van der Waals surface area contributed by atoms with E-state index in [0.717, 1.165) is 13.1 Å². The molecule has 1 saturated heterocycles. The van der Waals surface area contributed by atoms with Gasteiger partial charge in [-0.25, -0.2) is 0 Å². The molecule has 0 atom stereocenters. The van der Waals surface area contributed by atoms with E-state index in [1.54, 1.807) is 43.5 Å². The van der Waals surface area contributed by atoms with E-state index in [0.29, 0.717) is 35.7 Å². The van der Waals surface area contributed by atoms with Gasteiger partial charge in [-0.05, 0) is 55.7 Å². The lowest BCUT2D eigenvalue weighted by molar-refractivity contribution is 0.0665. The zero-order chi connectivity index (χ0) is 20.8. The number of nitrogens with zero attached hydrogens (tertiary/aromatic N) is 2. The first-order chi connectivity index (χ1) is 14.0. The third kappa shape index (κ3) is 5.30. The highest BCUT2D eigenvalue weighted by molar-refractivity contribution is 7.80. The second-order valence-corrected chi connectivity index (χ2v) is 7.19. The van der Waals surface area contributed by atoms with Crippen molar-refractivity contribution >= 4 is 34.8 Å². The average molecular weight is 413 g/mol. The van der Waals surface area contributed by atoms with Gasteiger partial charge in [0, 0.05) is 31.7 Å². The minimum atomic E-state index is -0.340. The van der Waals surface area contributed by atoms with Crippen molar-refractivity contribution in [1.82, 2.24) is 15.1 Å². The number of benzene rings is 2. The van der Waals surface area contributed by atoms with Crippen molar-refractivity contribution in [2.24, 2.45) is 0 Å². The quantitative estimate of drug-likeness (QED) is 0.750. The number of amides is 2. The molecule has 2 N–H and O–H groups in total. The van der Waals surface area contributed by atoms with Gasteiger partial charge in [0.15, 0.2) is 5.11 Å². The molecule has 0 aliphatic carbocycles. The second-order valence-electron chi connectivity index (χ2n) is 6.78. The number of anilines is 1. The molecule has 2 amide bonds. The zero-order valence-electron chi connectivity index (χ0n) is 16.5. The van der Waals surface area contributed by atoms with Gasteiger partial charge in [-0.2, -0.15) is 0 Å². The maximum Gasteiger partial charge on any atom is 0.257 e. The van der Waals surface area contributed by atoms with Crippen LogP contribution in [0.4, 0.5) is 5.69 Å². The number of likely N-dealkylation sites (N-methyl/N-ethyl adjacent to an activating group) is 1. The Labute approximate surface area is 175 Å². The maximum absolute atomic E-state index is 12.9. The van der Waals surface area contributed by atoms with E-state index in [1.807, 2.05) is 24.1 Å². The highest BCUT2D eigenvalue weighted by atomic mass is 32.1. The summed E-state index contributed by atoms with van der Waals surface area (Å²) in [6.45, 7) is 3.06. The Hall–Kier alpha value is -2.97. The first-order valence-corrected chi connectivity index (χ1v) is 9.72. The minimum Gasteiger partial charge on any atom is -0.497 e. The van der Waals surface area contributed by atoms with Gasteiger partial charge < -0.3 is 19.9 Å². The van der Waals surface area contributed by atoms with Crippen LogP contribution in [0.1, 0.15) is 20.7 Å². The number of rotatable bonds is 4. The van der Waals surface area contributed by atoms with Gasteiger partial charge in [-0.1, -0.05) is 12.1 Å². The van der Waals surface area contributed by atoms with Crippen LogP contribution in [-0.2, 0) is 0 Å². The van der Waals surface area contributed by atoms with Crippen molar-refractivity contribution in [2.75, 3.05) is 45.7 Å². The molecule has 0 aromatic heterocycles. The fourth-order valence-corrected chi connectivity index (χ4v) is 3.23. The molecule has 29 heavy (non-hydrogen) atoms. The molecule has 152 valence electrons. The number of hydrogen-bond donors (Lipinski definition) is 2. The average Bonchev–Trinajstić information content (AvgIpc) is 2.74. The number of para-hydroxylation sites is 1. The van der Waals surface area contributed by atoms with E-state index in [2.05, 4.69) is 15.5 Å². The van der Waals surface area contributed by atoms with E-state index in [4.69, 9.17) is 17.0 Å². The van der Waals surface area contributed by atoms with E-state index >= 15 is 0 Å².